The van der Waals surface area contributed by atoms with Crippen LogP contribution in [0.4, 0.5) is 11.4 Å². The van der Waals surface area contributed by atoms with Gasteiger partial charge in [-0.1, -0.05) is 46.4 Å². The predicted octanol–water partition coefficient (Wildman–Crippen LogP) is 6.35. The molecule has 2 N–H and O–H groups in total. The lowest BCUT2D eigenvalue weighted by Gasteiger charge is -2.14. The van der Waals surface area contributed by atoms with Gasteiger partial charge in [0.2, 0.25) is 0 Å². The van der Waals surface area contributed by atoms with E-state index in [9.17, 15) is 13.2 Å². The lowest BCUT2D eigenvalue weighted by Crippen LogP contribution is -2.18. The third kappa shape index (κ3) is 5.35. The van der Waals surface area contributed by atoms with Crippen molar-refractivity contribution in [2.45, 2.75) is 4.90 Å². The van der Waals surface area contributed by atoms with E-state index in [1.807, 2.05) is 0 Å². The molecule has 29 heavy (non-hydrogen) atoms. The highest BCUT2D eigenvalue weighted by Crippen LogP contribution is 2.28. The molecule has 3 aromatic carbocycles. The largest absolute Gasteiger partial charge is 0.322 e. The Hall–Kier alpha value is -1.96. The van der Waals surface area contributed by atoms with E-state index in [1.165, 1.54) is 54.6 Å². The Kier molecular flexibility index (Phi) is 6.61. The molecule has 5 nitrogen and oxygen atoms in total. The maximum atomic E-state index is 12.7. The number of anilines is 2. The van der Waals surface area contributed by atoms with Crippen LogP contribution in [0.1, 0.15) is 10.4 Å². The molecule has 0 aliphatic heterocycles. The second-order valence-electron chi connectivity index (χ2n) is 5.83. The number of nitrogens with one attached hydrogen (secondary N) is 2. The Morgan fingerprint density at radius 3 is 2.07 bits per heavy atom. The average molecular weight is 490 g/mol. The molecule has 0 aliphatic rings. The predicted molar refractivity (Wildman–Crippen MR) is 118 cm³/mol. The summed E-state index contributed by atoms with van der Waals surface area (Å²) < 4.78 is 27.7. The number of carbonyl (C=O) groups is 1. The van der Waals surface area contributed by atoms with E-state index in [1.54, 1.807) is 6.07 Å². The topological polar surface area (TPSA) is 75.3 Å². The van der Waals surface area contributed by atoms with Gasteiger partial charge in [0.05, 0.1) is 26.2 Å². The fourth-order valence-corrected chi connectivity index (χ4v) is 4.06. The van der Waals surface area contributed by atoms with Crippen molar-refractivity contribution in [2.24, 2.45) is 0 Å². The lowest BCUT2D eigenvalue weighted by atomic mass is 10.1. The Morgan fingerprint density at radius 2 is 1.41 bits per heavy atom. The van der Waals surface area contributed by atoms with E-state index in [0.29, 0.717) is 15.7 Å². The Bertz CT molecular complexity index is 1180. The highest BCUT2D eigenvalue weighted by atomic mass is 35.5. The van der Waals surface area contributed by atoms with Gasteiger partial charge < -0.3 is 5.32 Å². The molecule has 0 unspecified atom stereocenters. The van der Waals surface area contributed by atoms with E-state index in [2.05, 4.69) is 10.0 Å². The number of rotatable bonds is 5. The van der Waals surface area contributed by atoms with E-state index < -0.39 is 15.9 Å². The van der Waals surface area contributed by atoms with Crippen LogP contribution in [0.25, 0.3) is 0 Å². The van der Waals surface area contributed by atoms with Crippen LogP contribution in [0.15, 0.2) is 65.6 Å². The summed E-state index contributed by atoms with van der Waals surface area (Å²) in [4.78, 5) is 12.7. The standard InChI is InChI=1S/C19H12Cl4N2O3S/c20-11-1-5-14(6-2-11)29(27,28)25-18-9-12(21)3-7-15(18)19(26)24-13-4-8-16(22)17(23)10-13/h1-10,25H,(H,24,26). The number of halogens is 4. The van der Waals surface area contributed by atoms with Gasteiger partial charge in [0.15, 0.2) is 0 Å². The summed E-state index contributed by atoms with van der Waals surface area (Å²) >= 11 is 23.6. The summed E-state index contributed by atoms with van der Waals surface area (Å²) in [6.45, 7) is 0. The maximum absolute atomic E-state index is 12.7. The fraction of sp³-hybridized carbons (Fsp3) is 0. The van der Waals surface area contributed by atoms with E-state index in [0.717, 1.165) is 0 Å². The van der Waals surface area contributed by atoms with Crippen molar-refractivity contribution in [3.8, 4) is 0 Å². The van der Waals surface area contributed by atoms with Crippen molar-refractivity contribution in [2.75, 3.05) is 10.0 Å². The van der Waals surface area contributed by atoms with Gasteiger partial charge in [-0.15, -0.1) is 0 Å². The number of sulfonamides is 1. The molecule has 0 aromatic heterocycles. The average Bonchev–Trinajstić information content (AvgIpc) is 2.65. The van der Waals surface area contributed by atoms with Crippen molar-refractivity contribution >= 4 is 73.7 Å². The van der Waals surface area contributed by atoms with Crippen LogP contribution in [0.2, 0.25) is 20.1 Å². The lowest BCUT2D eigenvalue weighted by molar-refractivity contribution is 0.102. The summed E-state index contributed by atoms with van der Waals surface area (Å²) in [6.07, 6.45) is 0. The molecular weight excluding hydrogens is 478 g/mol. The molecule has 0 heterocycles. The number of hydrogen-bond acceptors (Lipinski definition) is 3. The van der Waals surface area contributed by atoms with Crippen LogP contribution in [0, 0.1) is 0 Å². The molecule has 150 valence electrons. The fourth-order valence-electron chi connectivity index (χ4n) is 2.39. The third-order valence-corrected chi connectivity index (χ3v) is 6.38. The first-order valence-electron chi connectivity index (χ1n) is 8.00. The van der Waals surface area contributed by atoms with Crippen molar-refractivity contribution in [1.29, 1.82) is 0 Å². The third-order valence-electron chi connectivity index (χ3n) is 3.77. The number of amides is 1. The highest BCUT2D eigenvalue weighted by molar-refractivity contribution is 7.92. The van der Waals surface area contributed by atoms with Gasteiger partial charge in [-0.2, -0.15) is 0 Å². The van der Waals surface area contributed by atoms with Crippen molar-refractivity contribution in [3.05, 3.63) is 86.3 Å². The first-order valence-corrected chi connectivity index (χ1v) is 11.0. The first-order chi connectivity index (χ1) is 13.7. The smallest absolute Gasteiger partial charge is 0.261 e. The van der Waals surface area contributed by atoms with Crippen molar-refractivity contribution < 1.29 is 13.2 Å². The second kappa shape index (κ2) is 8.81. The van der Waals surface area contributed by atoms with Crippen LogP contribution in [-0.4, -0.2) is 14.3 Å². The number of carbonyl (C=O) groups excluding carboxylic acids is 1. The van der Waals surface area contributed by atoms with Gasteiger partial charge >= 0.3 is 0 Å². The molecule has 0 saturated heterocycles. The summed E-state index contributed by atoms with van der Waals surface area (Å²) in [5.74, 6) is -0.561. The number of benzene rings is 3. The van der Waals surface area contributed by atoms with Gasteiger partial charge in [0.25, 0.3) is 15.9 Å². The van der Waals surface area contributed by atoms with Crippen LogP contribution in [0.3, 0.4) is 0 Å². The summed E-state index contributed by atoms with van der Waals surface area (Å²) in [7, 11) is -3.97. The SMILES string of the molecule is O=C(Nc1ccc(Cl)c(Cl)c1)c1ccc(Cl)cc1NS(=O)(=O)c1ccc(Cl)cc1. The molecule has 0 spiro atoms. The van der Waals surface area contributed by atoms with Gasteiger partial charge in [-0.25, -0.2) is 8.42 Å². The van der Waals surface area contributed by atoms with Crippen LogP contribution >= 0.6 is 46.4 Å². The van der Waals surface area contributed by atoms with Crippen molar-refractivity contribution in [3.63, 3.8) is 0 Å². The Labute approximate surface area is 187 Å². The molecule has 0 atom stereocenters. The first kappa shape index (κ1) is 21.7. The molecular formula is C19H12Cl4N2O3S. The molecule has 0 saturated carbocycles. The molecule has 1 amide bonds. The molecule has 0 aliphatic carbocycles. The normalized spacial score (nSPS) is 11.2. The van der Waals surface area contributed by atoms with Gasteiger partial charge in [-0.05, 0) is 60.7 Å². The zero-order valence-corrected chi connectivity index (χ0v) is 18.3. The monoisotopic (exact) mass is 488 g/mol. The molecule has 0 fully saturated rings. The zero-order valence-electron chi connectivity index (χ0n) is 14.4. The Balaban J connectivity index is 1.92. The van der Waals surface area contributed by atoms with Gasteiger partial charge in [-0.3, -0.25) is 9.52 Å². The summed E-state index contributed by atoms with van der Waals surface area (Å²) in [5, 5.41) is 3.90. The Morgan fingerprint density at radius 1 is 0.759 bits per heavy atom. The highest BCUT2D eigenvalue weighted by Gasteiger charge is 2.19. The summed E-state index contributed by atoms with van der Waals surface area (Å²) in [6, 6.07) is 14.4. The number of hydrogen-bond donors (Lipinski definition) is 2. The summed E-state index contributed by atoms with van der Waals surface area (Å²) in [5.41, 5.74) is 0.480. The zero-order chi connectivity index (χ0) is 21.2. The molecule has 3 aromatic rings. The van der Waals surface area contributed by atoms with Crippen LogP contribution in [0.5, 0.6) is 0 Å². The molecule has 3 rings (SSSR count). The molecule has 0 radical (unpaired) electrons. The quantitative estimate of drug-likeness (QED) is 0.438. The second-order valence-corrected chi connectivity index (χ2v) is 9.20. The maximum Gasteiger partial charge on any atom is 0.261 e. The molecule has 0 bridgehead atoms. The molecule has 10 heteroatoms. The van der Waals surface area contributed by atoms with Gasteiger partial charge in [0, 0.05) is 15.7 Å². The minimum atomic E-state index is -3.97. The van der Waals surface area contributed by atoms with Crippen LogP contribution in [-0.2, 0) is 10.0 Å². The van der Waals surface area contributed by atoms with E-state index in [4.69, 9.17) is 46.4 Å². The minimum Gasteiger partial charge on any atom is -0.322 e. The van der Waals surface area contributed by atoms with Crippen molar-refractivity contribution in [1.82, 2.24) is 0 Å². The minimum absolute atomic E-state index is 0.0160. The van der Waals surface area contributed by atoms with E-state index in [-0.39, 0.29) is 26.2 Å². The van der Waals surface area contributed by atoms with Crippen LogP contribution < -0.4 is 10.0 Å². The van der Waals surface area contributed by atoms with Gasteiger partial charge in [0.1, 0.15) is 0 Å². The van der Waals surface area contributed by atoms with E-state index >= 15 is 0 Å².